The van der Waals surface area contributed by atoms with Crippen LogP contribution in [0.4, 0.5) is 11.4 Å². The topological polar surface area (TPSA) is 73.3 Å². The number of fused-ring (bicyclic) bond motifs is 1. The molecule has 1 heterocycles. The van der Waals surface area contributed by atoms with Crippen molar-refractivity contribution in [3.63, 3.8) is 0 Å². The second kappa shape index (κ2) is 8.40. The Kier molecular flexibility index (Phi) is 5.50. The summed E-state index contributed by atoms with van der Waals surface area (Å²) in [5.41, 5.74) is 11.8. The van der Waals surface area contributed by atoms with E-state index in [2.05, 4.69) is 4.99 Å². The molecule has 0 amide bonds. The van der Waals surface area contributed by atoms with Crippen molar-refractivity contribution < 1.29 is 0 Å². The molecule has 0 fully saturated rings. The quantitative estimate of drug-likeness (QED) is 0.359. The summed E-state index contributed by atoms with van der Waals surface area (Å²) in [6, 6.07) is 19.1. The Hall–Kier alpha value is -3.99. The minimum atomic E-state index is -0.0973. The predicted octanol–water partition coefficient (Wildman–Crippen LogP) is 5.48. The van der Waals surface area contributed by atoms with Crippen molar-refractivity contribution in [2.24, 2.45) is 4.99 Å². The first kappa shape index (κ1) is 20.3. The van der Waals surface area contributed by atoms with Crippen LogP contribution in [0.15, 0.2) is 70.5 Å². The van der Waals surface area contributed by atoms with Crippen molar-refractivity contribution in [1.82, 2.24) is 9.55 Å². The zero-order valence-electron chi connectivity index (χ0n) is 17.8. The number of para-hydroxylation sites is 3. The first-order chi connectivity index (χ1) is 15.0. The van der Waals surface area contributed by atoms with E-state index in [-0.39, 0.29) is 5.56 Å². The van der Waals surface area contributed by atoms with Crippen LogP contribution in [0.3, 0.4) is 0 Å². The van der Waals surface area contributed by atoms with Crippen LogP contribution in [0.1, 0.15) is 29.4 Å². The summed E-state index contributed by atoms with van der Waals surface area (Å²) in [7, 11) is 0. The normalized spacial score (nSPS) is 11.7. The van der Waals surface area contributed by atoms with Crippen LogP contribution in [-0.4, -0.2) is 15.8 Å². The highest BCUT2D eigenvalue weighted by atomic mass is 16.1. The fraction of sp³-hybridized carbons (Fsp3) is 0.115. The minimum Gasteiger partial charge on any atom is -0.396 e. The van der Waals surface area contributed by atoms with Crippen LogP contribution in [0.2, 0.25) is 0 Å². The number of hydrogen-bond donors (Lipinski definition) is 1. The lowest BCUT2D eigenvalue weighted by molar-refractivity contribution is 0.924. The maximum atomic E-state index is 13.5. The SMILES string of the molecule is C/C=N/c1cccc(/C=C/c2nc3ccccc3c(=O)n2-c2c(C)cccc2C)c1N. The number of anilines is 1. The average Bonchev–Trinajstić information content (AvgIpc) is 2.76. The highest BCUT2D eigenvalue weighted by Gasteiger charge is 2.14. The number of rotatable bonds is 4. The van der Waals surface area contributed by atoms with E-state index in [0.717, 1.165) is 22.4 Å². The monoisotopic (exact) mass is 408 g/mol. The fourth-order valence-electron chi connectivity index (χ4n) is 3.77. The fourth-order valence-corrected chi connectivity index (χ4v) is 3.77. The van der Waals surface area contributed by atoms with Gasteiger partial charge in [0.05, 0.1) is 28.0 Å². The summed E-state index contributed by atoms with van der Waals surface area (Å²) >= 11 is 0. The number of nitrogens with two attached hydrogens (primary N) is 1. The molecule has 154 valence electrons. The van der Waals surface area contributed by atoms with Gasteiger partial charge in [0.15, 0.2) is 0 Å². The zero-order valence-corrected chi connectivity index (χ0v) is 17.8. The summed E-state index contributed by atoms with van der Waals surface area (Å²) in [5, 5.41) is 0.584. The second-order valence-electron chi connectivity index (χ2n) is 7.37. The Morgan fingerprint density at radius 3 is 2.39 bits per heavy atom. The van der Waals surface area contributed by atoms with E-state index in [9.17, 15) is 4.79 Å². The van der Waals surface area contributed by atoms with Crippen LogP contribution >= 0.6 is 0 Å². The molecule has 4 rings (SSSR count). The van der Waals surface area contributed by atoms with Gasteiger partial charge >= 0.3 is 0 Å². The zero-order chi connectivity index (χ0) is 22.0. The molecule has 5 nitrogen and oxygen atoms in total. The molecule has 5 heteroatoms. The number of nitrogens with zero attached hydrogens (tertiary/aromatic N) is 3. The maximum absolute atomic E-state index is 13.5. The van der Waals surface area contributed by atoms with Gasteiger partial charge in [0.25, 0.3) is 5.56 Å². The molecule has 0 saturated carbocycles. The summed E-state index contributed by atoms with van der Waals surface area (Å²) in [4.78, 5) is 22.6. The molecule has 0 unspecified atom stereocenters. The van der Waals surface area contributed by atoms with E-state index in [1.807, 2.05) is 93.6 Å². The largest absolute Gasteiger partial charge is 0.396 e. The molecule has 0 aliphatic carbocycles. The number of hydrogen-bond acceptors (Lipinski definition) is 4. The van der Waals surface area contributed by atoms with Gasteiger partial charge in [0, 0.05) is 6.21 Å². The standard InChI is InChI=1S/C26H24N4O/c1-4-28-22-14-8-11-19(24(22)27)15-16-23-29-21-13-6-5-12-20(21)26(31)30(23)25-17(2)9-7-10-18(25)3/h4-16H,27H2,1-3H3/b16-15+,28-4+. The van der Waals surface area contributed by atoms with Crippen molar-refractivity contribution in [3.8, 4) is 5.69 Å². The molecule has 4 aromatic rings. The molecule has 2 N–H and O–H groups in total. The molecular formula is C26H24N4O. The molecule has 0 radical (unpaired) electrons. The third kappa shape index (κ3) is 3.78. The van der Waals surface area contributed by atoms with Crippen molar-refractivity contribution >= 4 is 40.6 Å². The molecular weight excluding hydrogens is 384 g/mol. The predicted molar refractivity (Wildman–Crippen MR) is 130 cm³/mol. The van der Waals surface area contributed by atoms with E-state index < -0.39 is 0 Å². The van der Waals surface area contributed by atoms with Gasteiger partial charge in [-0.15, -0.1) is 0 Å². The maximum Gasteiger partial charge on any atom is 0.266 e. The summed E-state index contributed by atoms with van der Waals surface area (Å²) in [5.74, 6) is 0.546. The number of nitrogen functional groups attached to an aromatic ring is 1. The van der Waals surface area contributed by atoms with Crippen molar-refractivity contribution in [1.29, 1.82) is 0 Å². The molecule has 1 aromatic heterocycles. The van der Waals surface area contributed by atoms with E-state index >= 15 is 0 Å². The lowest BCUT2D eigenvalue weighted by Gasteiger charge is -2.16. The number of aryl methyl sites for hydroxylation is 2. The highest BCUT2D eigenvalue weighted by Crippen LogP contribution is 2.27. The number of aromatic nitrogens is 2. The Morgan fingerprint density at radius 1 is 0.935 bits per heavy atom. The van der Waals surface area contributed by atoms with Gasteiger partial charge in [-0.05, 0) is 67.8 Å². The summed E-state index contributed by atoms with van der Waals surface area (Å²) in [6.45, 7) is 5.85. The van der Waals surface area contributed by atoms with Gasteiger partial charge in [-0.25, -0.2) is 4.98 Å². The summed E-state index contributed by atoms with van der Waals surface area (Å²) < 4.78 is 1.69. The third-order valence-corrected chi connectivity index (χ3v) is 5.26. The lowest BCUT2D eigenvalue weighted by Crippen LogP contribution is -2.23. The van der Waals surface area contributed by atoms with Crippen LogP contribution in [0, 0.1) is 13.8 Å². The molecule has 3 aromatic carbocycles. The second-order valence-corrected chi connectivity index (χ2v) is 7.37. The van der Waals surface area contributed by atoms with Gasteiger partial charge < -0.3 is 5.73 Å². The number of aliphatic imine (C=N–C) groups is 1. The highest BCUT2D eigenvalue weighted by molar-refractivity contribution is 5.84. The Labute approximate surface area is 181 Å². The van der Waals surface area contributed by atoms with Crippen LogP contribution in [0.5, 0.6) is 0 Å². The molecule has 0 bridgehead atoms. The van der Waals surface area contributed by atoms with Gasteiger partial charge in [0.2, 0.25) is 0 Å². The molecule has 31 heavy (non-hydrogen) atoms. The number of benzene rings is 3. The van der Waals surface area contributed by atoms with Crippen LogP contribution < -0.4 is 11.3 Å². The Morgan fingerprint density at radius 2 is 1.65 bits per heavy atom. The van der Waals surface area contributed by atoms with Crippen molar-refractivity contribution in [3.05, 3.63) is 93.5 Å². The molecule has 0 spiro atoms. The van der Waals surface area contributed by atoms with Gasteiger partial charge in [-0.2, -0.15) is 0 Å². The Bertz CT molecular complexity index is 1380. The van der Waals surface area contributed by atoms with E-state index in [1.54, 1.807) is 10.8 Å². The van der Waals surface area contributed by atoms with E-state index in [0.29, 0.717) is 28.1 Å². The minimum absolute atomic E-state index is 0.0973. The van der Waals surface area contributed by atoms with E-state index in [4.69, 9.17) is 10.7 Å². The lowest BCUT2D eigenvalue weighted by atomic mass is 10.1. The van der Waals surface area contributed by atoms with E-state index in [1.165, 1.54) is 0 Å². The van der Waals surface area contributed by atoms with Gasteiger partial charge in [-0.3, -0.25) is 14.4 Å². The van der Waals surface area contributed by atoms with Crippen LogP contribution in [0.25, 0.3) is 28.7 Å². The first-order valence-corrected chi connectivity index (χ1v) is 10.1. The van der Waals surface area contributed by atoms with Gasteiger partial charge in [-0.1, -0.05) is 42.5 Å². The molecule has 0 aliphatic rings. The van der Waals surface area contributed by atoms with Crippen molar-refractivity contribution in [2.75, 3.05) is 5.73 Å². The van der Waals surface area contributed by atoms with Crippen LogP contribution in [-0.2, 0) is 0 Å². The van der Waals surface area contributed by atoms with Gasteiger partial charge in [0.1, 0.15) is 5.82 Å². The molecule has 0 aliphatic heterocycles. The summed E-state index contributed by atoms with van der Waals surface area (Å²) in [6.07, 6.45) is 5.43. The smallest absolute Gasteiger partial charge is 0.266 e. The average molecular weight is 409 g/mol. The first-order valence-electron chi connectivity index (χ1n) is 10.1. The third-order valence-electron chi connectivity index (χ3n) is 5.26. The molecule has 0 atom stereocenters. The Balaban J connectivity index is 1.97. The van der Waals surface area contributed by atoms with Crippen molar-refractivity contribution in [2.45, 2.75) is 20.8 Å². The molecule has 0 saturated heterocycles.